The molecule has 1 aliphatic heterocycles. The predicted molar refractivity (Wildman–Crippen MR) is 152 cm³/mol. The summed E-state index contributed by atoms with van der Waals surface area (Å²) in [6.07, 6.45) is 0.0593. The minimum Gasteiger partial charge on any atom is -0.496 e. The lowest BCUT2D eigenvalue weighted by atomic mass is 10.0. The van der Waals surface area contributed by atoms with Gasteiger partial charge in [-0.3, -0.25) is 14.5 Å². The van der Waals surface area contributed by atoms with Crippen LogP contribution >= 0.6 is 23.2 Å². The second-order valence-electron chi connectivity index (χ2n) is 9.62. The third-order valence-electron chi connectivity index (χ3n) is 6.86. The molecule has 0 aliphatic carbocycles. The maximum atomic E-state index is 15.4. The molecule has 1 unspecified atom stereocenters. The van der Waals surface area contributed by atoms with E-state index in [4.69, 9.17) is 37.7 Å². The van der Waals surface area contributed by atoms with E-state index in [1.807, 2.05) is 24.5 Å². The number of carbonyl (C=O) groups is 2. The first kappa shape index (κ1) is 27.7. The molecule has 3 aromatic carbocycles. The summed E-state index contributed by atoms with van der Waals surface area (Å²) in [6.45, 7) is 3.95. The van der Waals surface area contributed by atoms with Crippen molar-refractivity contribution in [3.8, 4) is 17.1 Å². The van der Waals surface area contributed by atoms with Gasteiger partial charge in [0.25, 0.3) is 5.91 Å². The quantitative estimate of drug-likeness (QED) is 0.219. The molecular weight excluding hydrogens is 556 g/mol. The molecule has 7 nitrogen and oxygen atoms in total. The highest BCUT2D eigenvalue weighted by atomic mass is 35.5. The van der Waals surface area contributed by atoms with Crippen LogP contribution in [0.2, 0.25) is 10.0 Å². The number of methoxy groups -OCH3 is 2. The van der Waals surface area contributed by atoms with E-state index in [0.717, 1.165) is 5.56 Å². The SMILES string of the molecule is COC(=O)Cc1ccc(OC)c(-c2nc3c(n2C(C)C)C(c2ccc(Cl)cc2)N(c2cccc(Cl)c2F)C3=O)c1. The number of benzene rings is 3. The molecule has 40 heavy (non-hydrogen) atoms. The smallest absolute Gasteiger partial charge is 0.309 e. The molecule has 5 rings (SSSR count). The second-order valence-corrected chi connectivity index (χ2v) is 10.5. The fourth-order valence-corrected chi connectivity index (χ4v) is 5.38. The molecule has 0 saturated heterocycles. The van der Waals surface area contributed by atoms with Gasteiger partial charge in [-0.1, -0.05) is 47.5 Å². The molecule has 10 heteroatoms. The van der Waals surface area contributed by atoms with E-state index in [1.165, 1.54) is 24.1 Å². The Bertz CT molecular complexity index is 1620. The van der Waals surface area contributed by atoms with Crippen LogP contribution in [0.25, 0.3) is 11.4 Å². The van der Waals surface area contributed by atoms with Crippen LogP contribution in [0.4, 0.5) is 10.1 Å². The molecule has 206 valence electrons. The molecule has 1 aromatic heterocycles. The number of esters is 1. The Labute approximate surface area is 241 Å². The minimum atomic E-state index is -0.722. The normalized spacial score (nSPS) is 14.6. The zero-order chi connectivity index (χ0) is 28.7. The lowest BCUT2D eigenvalue weighted by molar-refractivity contribution is -0.139. The lowest BCUT2D eigenvalue weighted by Crippen LogP contribution is -2.31. The third kappa shape index (κ3) is 4.71. The molecule has 1 atom stereocenters. The number of nitrogens with zero attached hydrogens (tertiary/aromatic N) is 3. The van der Waals surface area contributed by atoms with Crippen molar-refractivity contribution in [2.75, 3.05) is 19.1 Å². The molecule has 1 amide bonds. The Morgan fingerprint density at radius 3 is 2.45 bits per heavy atom. The van der Waals surface area contributed by atoms with Crippen molar-refractivity contribution in [2.45, 2.75) is 32.4 Å². The summed E-state index contributed by atoms with van der Waals surface area (Å²) in [5, 5.41) is 0.434. The summed E-state index contributed by atoms with van der Waals surface area (Å²) in [6, 6.07) is 16.1. The monoisotopic (exact) mass is 581 g/mol. The van der Waals surface area contributed by atoms with Crippen LogP contribution in [0.3, 0.4) is 0 Å². The van der Waals surface area contributed by atoms with Gasteiger partial charge < -0.3 is 14.0 Å². The van der Waals surface area contributed by atoms with Crippen molar-refractivity contribution < 1.29 is 23.5 Å². The van der Waals surface area contributed by atoms with Gasteiger partial charge in [0.2, 0.25) is 0 Å². The molecular formula is C30H26Cl2FN3O4. The van der Waals surface area contributed by atoms with E-state index in [9.17, 15) is 9.59 Å². The average molecular weight is 582 g/mol. The van der Waals surface area contributed by atoms with Crippen molar-refractivity contribution in [1.82, 2.24) is 9.55 Å². The van der Waals surface area contributed by atoms with E-state index in [2.05, 4.69) is 0 Å². The summed E-state index contributed by atoms with van der Waals surface area (Å²) in [5.74, 6) is -0.547. The number of amides is 1. The molecule has 1 aliphatic rings. The van der Waals surface area contributed by atoms with Crippen LogP contribution in [0.15, 0.2) is 60.7 Å². The van der Waals surface area contributed by atoms with Crippen molar-refractivity contribution in [3.63, 3.8) is 0 Å². The number of rotatable bonds is 7. The van der Waals surface area contributed by atoms with Gasteiger partial charge in [0.05, 0.1) is 42.6 Å². The Morgan fingerprint density at radius 1 is 1.07 bits per heavy atom. The number of carbonyl (C=O) groups excluding carboxylic acids is 2. The molecule has 0 bridgehead atoms. The average Bonchev–Trinajstić information content (AvgIpc) is 3.46. The number of ether oxygens (including phenoxy) is 2. The van der Waals surface area contributed by atoms with Crippen LogP contribution < -0.4 is 9.64 Å². The number of fused-ring (bicyclic) bond motifs is 1. The molecule has 0 N–H and O–H groups in total. The van der Waals surface area contributed by atoms with Crippen LogP contribution in [-0.4, -0.2) is 35.6 Å². The summed E-state index contributed by atoms with van der Waals surface area (Å²) >= 11 is 12.3. The van der Waals surface area contributed by atoms with Crippen molar-refractivity contribution in [3.05, 3.63) is 99.0 Å². The largest absolute Gasteiger partial charge is 0.496 e. The number of imidazole rings is 1. The third-order valence-corrected chi connectivity index (χ3v) is 7.40. The first-order chi connectivity index (χ1) is 19.2. The summed E-state index contributed by atoms with van der Waals surface area (Å²) < 4.78 is 27.8. The fraction of sp³-hybridized carbons (Fsp3) is 0.233. The first-order valence-electron chi connectivity index (χ1n) is 12.6. The number of aromatic nitrogens is 2. The molecule has 4 aromatic rings. The maximum Gasteiger partial charge on any atom is 0.309 e. The van der Waals surface area contributed by atoms with Gasteiger partial charge in [0.1, 0.15) is 17.6 Å². The van der Waals surface area contributed by atoms with Gasteiger partial charge >= 0.3 is 5.97 Å². The van der Waals surface area contributed by atoms with E-state index in [-0.39, 0.29) is 34.8 Å². The first-order valence-corrected chi connectivity index (χ1v) is 13.3. The fourth-order valence-electron chi connectivity index (χ4n) is 5.09. The van der Waals surface area contributed by atoms with E-state index < -0.39 is 17.8 Å². The van der Waals surface area contributed by atoms with E-state index >= 15 is 4.39 Å². The van der Waals surface area contributed by atoms with Gasteiger partial charge in [-0.15, -0.1) is 0 Å². The topological polar surface area (TPSA) is 73.7 Å². The highest BCUT2D eigenvalue weighted by Gasteiger charge is 2.45. The van der Waals surface area contributed by atoms with Crippen LogP contribution in [0, 0.1) is 5.82 Å². The Balaban J connectivity index is 1.77. The van der Waals surface area contributed by atoms with E-state index in [1.54, 1.807) is 49.6 Å². The number of hydrogen-bond acceptors (Lipinski definition) is 5. The summed E-state index contributed by atoms with van der Waals surface area (Å²) in [4.78, 5) is 32.3. The second kappa shape index (κ2) is 10.9. The standard InChI is InChI=1S/C30H26Cl2FN3O4/c1-16(2)35-28-26(34-29(35)20-14-17(15-24(37)40-4)8-13-23(20)39-3)30(38)36(22-7-5-6-21(32)25(22)33)27(28)18-9-11-19(31)12-10-18/h5-14,16,27H,15H2,1-4H3. The summed E-state index contributed by atoms with van der Waals surface area (Å²) in [7, 11) is 2.88. The van der Waals surface area contributed by atoms with Crippen LogP contribution in [0.5, 0.6) is 5.75 Å². The minimum absolute atomic E-state index is 0.0463. The van der Waals surface area contributed by atoms with Gasteiger partial charge in [-0.25, -0.2) is 9.37 Å². The Hall–Kier alpha value is -3.88. The van der Waals surface area contributed by atoms with Gasteiger partial charge in [-0.2, -0.15) is 0 Å². The number of anilines is 1. The van der Waals surface area contributed by atoms with Gasteiger partial charge in [0.15, 0.2) is 11.5 Å². The predicted octanol–water partition coefficient (Wildman–Crippen LogP) is 7.05. The number of hydrogen-bond donors (Lipinski definition) is 0. The molecule has 0 spiro atoms. The molecule has 2 heterocycles. The Kier molecular flexibility index (Phi) is 7.57. The number of halogens is 3. The van der Waals surface area contributed by atoms with Crippen LogP contribution in [-0.2, 0) is 16.0 Å². The zero-order valence-electron chi connectivity index (χ0n) is 22.2. The Morgan fingerprint density at radius 2 is 1.80 bits per heavy atom. The van der Waals surface area contributed by atoms with Crippen molar-refractivity contribution >= 4 is 40.8 Å². The van der Waals surface area contributed by atoms with Gasteiger partial charge in [0, 0.05) is 11.1 Å². The highest BCUT2D eigenvalue weighted by Crippen LogP contribution is 2.46. The summed E-state index contributed by atoms with van der Waals surface area (Å²) in [5.41, 5.74) is 2.85. The van der Waals surface area contributed by atoms with E-state index in [0.29, 0.717) is 33.4 Å². The molecule has 0 radical (unpaired) electrons. The lowest BCUT2D eigenvalue weighted by Gasteiger charge is -2.29. The highest BCUT2D eigenvalue weighted by molar-refractivity contribution is 6.31. The zero-order valence-corrected chi connectivity index (χ0v) is 23.8. The maximum absolute atomic E-state index is 15.4. The van der Waals surface area contributed by atoms with Gasteiger partial charge in [-0.05, 0) is 61.4 Å². The van der Waals surface area contributed by atoms with Crippen molar-refractivity contribution in [1.29, 1.82) is 0 Å². The van der Waals surface area contributed by atoms with Crippen molar-refractivity contribution in [2.24, 2.45) is 0 Å². The molecule has 0 fully saturated rings. The van der Waals surface area contributed by atoms with Crippen LogP contribution in [0.1, 0.15) is 53.2 Å². The molecule has 0 saturated carbocycles.